The highest BCUT2D eigenvalue weighted by Crippen LogP contribution is 2.37. The van der Waals surface area contributed by atoms with Crippen LogP contribution in [0.1, 0.15) is 31.2 Å². The summed E-state index contributed by atoms with van der Waals surface area (Å²) in [6.45, 7) is 3.73. The Hall–Kier alpha value is -0.480. The molecule has 0 bridgehead atoms. The first-order valence-electron chi connectivity index (χ1n) is 5.99. The molecule has 1 aromatic carbocycles. The molecule has 2 rings (SSSR count). The molecule has 2 atom stereocenters. The second-order valence-electron chi connectivity index (χ2n) is 4.52. The van der Waals surface area contributed by atoms with Crippen molar-refractivity contribution in [1.29, 1.82) is 0 Å². The van der Waals surface area contributed by atoms with E-state index in [1.165, 1.54) is 12.1 Å². The standard InChI is InChI=1S/C13H16BrF2N/c1-2-8-7-17-6-5-9(8)12-11(15)4-3-10(14)13(12)16/h3-4,8-9,17H,2,5-7H2,1H3. The average Bonchev–Trinajstić information content (AvgIpc) is 2.35. The Morgan fingerprint density at radius 3 is 2.88 bits per heavy atom. The van der Waals surface area contributed by atoms with Crippen LogP contribution in [-0.4, -0.2) is 13.1 Å². The lowest BCUT2D eigenvalue weighted by atomic mass is 9.79. The third kappa shape index (κ3) is 2.52. The van der Waals surface area contributed by atoms with Crippen molar-refractivity contribution in [3.8, 4) is 0 Å². The lowest BCUT2D eigenvalue weighted by Crippen LogP contribution is -2.35. The van der Waals surface area contributed by atoms with Gasteiger partial charge in [0.25, 0.3) is 0 Å². The van der Waals surface area contributed by atoms with Crippen molar-refractivity contribution >= 4 is 15.9 Å². The van der Waals surface area contributed by atoms with E-state index in [1.807, 2.05) is 0 Å². The summed E-state index contributed by atoms with van der Waals surface area (Å²) in [7, 11) is 0. The van der Waals surface area contributed by atoms with Gasteiger partial charge in [-0.2, -0.15) is 0 Å². The quantitative estimate of drug-likeness (QED) is 0.819. The van der Waals surface area contributed by atoms with E-state index in [0.717, 1.165) is 25.9 Å². The molecule has 0 aliphatic carbocycles. The minimum atomic E-state index is -0.435. The molecule has 1 nitrogen and oxygen atoms in total. The van der Waals surface area contributed by atoms with E-state index in [2.05, 4.69) is 28.2 Å². The summed E-state index contributed by atoms with van der Waals surface area (Å²) in [5, 5.41) is 3.28. The second kappa shape index (κ2) is 5.44. The Balaban J connectivity index is 2.41. The third-order valence-electron chi connectivity index (χ3n) is 3.58. The molecule has 2 unspecified atom stereocenters. The minimum Gasteiger partial charge on any atom is -0.316 e. The number of piperidine rings is 1. The van der Waals surface area contributed by atoms with E-state index in [-0.39, 0.29) is 11.5 Å². The van der Waals surface area contributed by atoms with Crippen LogP contribution in [0.3, 0.4) is 0 Å². The summed E-state index contributed by atoms with van der Waals surface area (Å²) in [6, 6.07) is 2.77. The van der Waals surface area contributed by atoms with Crippen LogP contribution in [-0.2, 0) is 0 Å². The lowest BCUT2D eigenvalue weighted by Gasteiger charge is -2.32. The van der Waals surface area contributed by atoms with Crippen LogP contribution in [0.4, 0.5) is 8.78 Å². The Bertz CT molecular complexity index is 409. The van der Waals surface area contributed by atoms with Crippen molar-refractivity contribution in [3.05, 3.63) is 33.8 Å². The van der Waals surface area contributed by atoms with Crippen LogP contribution in [0.2, 0.25) is 0 Å². The Morgan fingerprint density at radius 2 is 2.18 bits per heavy atom. The smallest absolute Gasteiger partial charge is 0.143 e. The molecular weight excluding hydrogens is 288 g/mol. The zero-order valence-electron chi connectivity index (χ0n) is 9.77. The summed E-state index contributed by atoms with van der Waals surface area (Å²) < 4.78 is 28.2. The molecule has 1 aliphatic rings. The number of halogens is 3. The van der Waals surface area contributed by atoms with Gasteiger partial charge in [0.1, 0.15) is 11.6 Å². The van der Waals surface area contributed by atoms with E-state index in [9.17, 15) is 8.78 Å². The number of rotatable bonds is 2. The van der Waals surface area contributed by atoms with Gasteiger partial charge in [-0.25, -0.2) is 8.78 Å². The number of hydrogen-bond donors (Lipinski definition) is 1. The van der Waals surface area contributed by atoms with E-state index in [1.54, 1.807) is 0 Å². The summed E-state index contributed by atoms with van der Waals surface area (Å²) in [4.78, 5) is 0. The van der Waals surface area contributed by atoms with Crippen molar-refractivity contribution in [3.63, 3.8) is 0 Å². The fourth-order valence-electron chi connectivity index (χ4n) is 2.61. The first-order chi connectivity index (χ1) is 8.15. The van der Waals surface area contributed by atoms with Crippen LogP contribution in [0.5, 0.6) is 0 Å². The predicted octanol–water partition coefficient (Wildman–Crippen LogP) is 3.83. The molecule has 17 heavy (non-hydrogen) atoms. The van der Waals surface area contributed by atoms with Crippen LogP contribution in [0.25, 0.3) is 0 Å². The minimum absolute atomic E-state index is 0.0150. The maximum absolute atomic E-state index is 14.0. The zero-order chi connectivity index (χ0) is 12.4. The van der Waals surface area contributed by atoms with Crippen molar-refractivity contribution in [1.82, 2.24) is 5.32 Å². The molecule has 94 valence electrons. The van der Waals surface area contributed by atoms with Gasteiger partial charge in [0.05, 0.1) is 4.47 Å². The lowest BCUT2D eigenvalue weighted by molar-refractivity contribution is 0.303. The molecule has 1 fully saturated rings. The number of benzene rings is 1. The van der Waals surface area contributed by atoms with Crippen molar-refractivity contribution in [2.75, 3.05) is 13.1 Å². The normalized spacial score (nSPS) is 24.9. The molecule has 0 radical (unpaired) electrons. The molecule has 0 amide bonds. The van der Waals surface area contributed by atoms with Gasteiger partial charge in [-0.3, -0.25) is 0 Å². The molecule has 0 spiro atoms. The van der Waals surface area contributed by atoms with Gasteiger partial charge in [-0.05, 0) is 59.4 Å². The van der Waals surface area contributed by atoms with Gasteiger partial charge >= 0.3 is 0 Å². The molecule has 1 aliphatic heterocycles. The van der Waals surface area contributed by atoms with Gasteiger partial charge in [-0.1, -0.05) is 13.3 Å². The highest BCUT2D eigenvalue weighted by atomic mass is 79.9. The number of nitrogens with one attached hydrogen (secondary N) is 1. The van der Waals surface area contributed by atoms with E-state index >= 15 is 0 Å². The van der Waals surface area contributed by atoms with E-state index < -0.39 is 11.6 Å². The third-order valence-corrected chi connectivity index (χ3v) is 4.19. The molecule has 1 aromatic rings. The van der Waals surface area contributed by atoms with Crippen LogP contribution in [0.15, 0.2) is 16.6 Å². The fourth-order valence-corrected chi connectivity index (χ4v) is 2.96. The molecule has 0 aromatic heterocycles. The molecule has 1 saturated heterocycles. The first kappa shape index (κ1) is 13.0. The fraction of sp³-hybridized carbons (Fsp3) is 0.538. The average molecular weight is 304 g/mol. The highest BCUT2D eigenvalue weighted by Gasteiger charge is 2.30. The van der Waals surface area contributed by atoms with Crippen LogP contribution in [0, 0.1) is 17.6 Å². The van der Waals surface area contributed by atoms with Gasteiger partial charge in [-0.15, -0.1) is 0 Å². The van der Waals surface area contributed by atoms with Gasteiger partial charge in [0.2, 0.25) is 0 Å². The Labute approximate surface area is 109 Å². The van der Waals surface area contributed by atoms with Gasteiger partial charge in [0.15, 0.2) is 0 Å². The summed E-state index contributed by atoms with van der Waals surface area (Å²) in [5.41, 5.74) is 0.257. The summed E-state index contributed by atoms with van der Waals surface area (Å²) in [6.07, 6.45) is 1.73. The van der Waals surface area contributed by atoms with Crippen molar-refractivity contribution < 1.29 is 8.78 Å². The Morgan fingerprint density at radius 1 is 1.41 bits per heavy atom. The van der Waals surface area contributed by atoms with E-state index in [4.69, 9.17) is 0 Å². The first-order valence-corrected chi connectivity index (χ1v) is 6.78. The van der Waals surface area contributed by atoms with Crippen molar-refractivity contribution in [2.45, 2.75) is 25.7 Å². The summed E-state index contributed by atoms with van der Waals surface area (Å²) >= 11 is 3.13. The SMILES string of the molecule is CCC1CNCCC1c1c(F)ccc(Br)c1F. The maximum atomic E-state index is 14.0. The molecule has 1 N–H and O–H groups in total. The highest BCUT2D eigenvalue weighted by molar-refractivity contribution is 9.10. The molecule has 1 heterocycles. The van der Waals surface area contributed by atoms with Gasteiger partial charge < -0.3 is 5.32 Å². The second-order valence-corrected chi connectivity index (χ2v) is 5.38. The van der Waals surface area contributed by atoms with Crippen LogP contribution < -0.4 is 5.32 Å². The predicted molar refractivity (Wildman–Crippen MR) is 68.1 cm³/mol. The molecular formula is C13H16BrF2N. The number of hydrogen-bond acceptors (Lipinski definition) is 1. The van der Waals surface area contributed by atoms with E-state index in [0.29, 0.717) is 10.4 Å². The Kier molecular flexibility index (Phi) is 4.15. The molecule has 4 heteroatoms. The van der Waals surface area contributed by atoms with Crippen LogP contribution >= 0.6 is 15.9 Å². The summed E-state index contributed by atoms with van der Waals surface area (Å²) in [5.74, 6) is -0.563. The van der Waals surface area contributed by atoms with Crippen molar-refractivity contribution in [2.24, 2.45) is 5.92 Å². The monoisotopic (exact) mass is 303 g/mol. The topological polar surface area (TPSA) is 12.0 Å². The zero-order valence-corrected chi connectivity index (χ0v) is 11.4. The maximum Gasteiger partial charge on any atom is 0.143 e. The molecule has 0 saturated carbocycles. The van der Waals surface area contributed by atoms with Gasteiger partial charge in [0, 0.05) is 5.56 Å². The largest absolute Gasteiger partial charge is 0.316 e.